The van der Waals surface area contributed by atoms with Gasteiger partial charge in [0.05, 0.1) is 5.69 Å². The van der Waals surface area contributed by atoms with E-state index < -0.39 is 15.8 Å². The number of likely N-dealkylation sites (tertiary alicyclic amines) is 1. The zero-order valence-corrected chi connectivity index (χ0v) is 13.2. The van der Waals surface area contributed by atoms with Crippen molar-refractivity contribution < 1.29 is 12.8 Å². The van der Waals surface area contributed by atoms with E-state index in [1.807, 2.05) is 0 Å². The molecule has 1 aromatic carbocycles. The lowest BCUT2D eigenvalue weighted by molar-refractivity contribution is 0.143. The summed E-state index contributed by atoms with van der Waals surface area (Å²) in [5.41, 5.74) is 5.11. The Bertz CT molecular complexity index is 611. The summed E-state index contributed by atoms with van der Waals surface area (Å²) in [5, 5.41) is 0. The van der Waals surface area contributed by atoms with Crippen LogP contribution in [0.4, 0.5) is 10.1 Å². The van der Waals surface area contributed by atoms with Crippen molar-refractivity contribution in [1.29, 1.82) is 0 Å². The average molecular weight is 315 g/mol. The number of rotatable bonds is 4. The molecule has 0 amide bonds. The highest BCUT2D eigenvalue weighted by Gasteiger charge is 2.31. The molecule has 0 saturated carbocycles. The van der Waals surface area contributed by atoms with E-state index in [1.54, 1.807) is 0 Å². The lowest BCUT2D eigenvalue weighted by Crippen LogP contribution is -2.43. The quantitative estimate of drug-likeness (QED) is 0.824. The van der Waals surface area contributed by atoms with Crippen LogP contribution in [-0.2, 0) is 10.0 Å². The van der Waals surface area contributed by atoms with Gasteiger partial charge in [0.1, 0.15) is 10.7 Å². The molecule has 21 heavy (non-hydrogen) atoms. The first-order valence-corrected chi connectivity index (χ1v) is 8.44. The molecule has 1 aromatic rings. The third-order valence-electron chi connectivity index (χ3n) is 4.19. The van der Waals surface area contributed by atoms with E-state index in [4.69, 9.17) is 5.73 Å². The minimum atomic E-state index is -3.79. The average Bonchev–Trinajstić information content (AvgIpc) is 2.43. The normalized spacial score (nSPS) is 19.6. The second-order valence-corrected chi connectivity index (χ2v) is 7.83. The molecule has 0 atom stereocenters. The van der Waals surface area contributed by atoms with E-state index in [9.17, 15) is 12.8 Å². The minimum Gasteiger partial charge on any atom is -0.395 e. The Morgan fingerprint density at radius 1 is 1.38 bits per heavy atom. The van der Waals surface area contributed by atoms with E-state index in [0.717, 1.165) is 32.0 Å². The molecule has 0 spiro atoms. The Hall–Kier alpha value is -1.18. The molecular weight excluding hydrogens is 293 g/mol. The van der Waals surface area contributed by atoms with E-state index in [0.29, 0.717) is 6.54 Å². The summed E-state index contributed by atoms with van der Waals surface area (Å²) in [7, 11) is -1.74. The number of nitrogens with two attached hydrogens (primary N) is 1. The van der Waals surface area contributed by atoms with Crippen molar-refractivity contribution in [2.45, 2.75) is 24.7 Å². The minimum absolute atomic E-state index is 0.0817. The fourth-order valence-corrected chi connectivity index (χ4v) is 3.77. The van der Waals surface area contributed by atoms with Crippen LogP contribution in [-0.4, -0.2) is 40.0 Å². The molecule has 0 unspecified atom stereocenters. The molecule has 3 N–H and O–H groups in total. The number of sulfonamides is 1. The second-order valence-electron chi connectivity index (χ2n) is 6.09. The number of halogens is 1. The number of hydrogen-bond donors (Lipinski definition) is 2. The summed E-state index contributed by atoms with van der Waals surface area (Å²) in [6.07, 6.45) is 1.84. The lowest BCUT2D eigenvalue weighted by Gasteiger charge is -2.37. The van der Waals surface area contributed by atoms with Gasteiger partial charge in [-0.2, -0.15) is 0 Å². The van der Waals surface area contributed by atoms with Crippen LogP contribution < -0.4 is 10.5 Å². The highest BCUT2D eigenvalue weighted by molar-refractivity contribution is 7.89. The molecule has 118 valence electrons. The monoisotopic (exact) mass is 315 g/mol. The maximum absolute atomic E-state index is 13.4. The molecule has 0 aliphatic carbocycles. The zero-order valence-electron chi connectivity index (χ0n) is 12.4. The van der Waals surface area contributed by atoms with Gasteiger partial charge in [-0.15, -0.1) is 0 Å². The first-order valence-electron chi connectivity index (χ1n) is 6.96. The topological polar surface area (TPSA) is 75.4 Å². The highest BCUT2D eigenvalue weighted by atomic mass is 32.2. The third-order valence-corrected chi connectivity index (χ3v) is 5.64. The van der Waals surface area contributed by atoms with Gasteiger partial charge in [0.15, 0.2) is 0 Å². The van der Waals surface area contributed by atoms with Crippen LogP contribution in [0.25, 0.3) is 0 Å². The number of nitrogen functional groups attached to an aromatic ring is 1. The van der Waals surface area contributed by atoms with Crippen molar-refractivity contribution in [3.63, 3.8) is 0 Å². The van der Waals surface area contributed by atoms with E-state index in [1.165, 1.54) is 12.1 Å². The Morgan fingerprint density at radius 3 is 2.62 bits per heavy atom. The van der Waals surface area contributed by atoms with Crippen molar-refractivity contribution >= 4 is 15.7 Å². The zero-order chi connectivity index (χ0) is 15.7. The lowest BCUT2D eigenvalue weighted by atomic mass is 9.81. The largest absolute Gasteiger partial charge is 0.395 e. The van der Waals surface area contributed by atoms with Gasteiger partial charge in [0.25, 0.3) is 0 Å². The molecule has 0 bridgehead atoms. The van der Waals surface area contributed by atoms with Crippen molar-refractivity contribution in [3.8, 4) is 0 Å². The summed E-state index contributed by atoms with van der Waals surface area (Å²) >= 11 is 0. The van der Waals surface area contributed by atoms with Gasteiger partial charge in [-0.1, -0.05) is 13.0 Å². The molecule has 0 aromatic heterocycles. The van der Waals surface area contributed by atoms with Gasteiger partial charge in [0.2, 0.25) is 10.0 Å². The smallest absolute Gasteiger partial charge is 0.242 e. The maximum atomic E-state index is 13.4. The Kier molecular flexibility index (Phi) is 4.55. The van der Waals surface area contributed by atoms with E-state index >= 15 is 0 Å². The predicted octanol–water partition coefficient (Wildman–Crippen LogP) is 1.42. The number of hydrogen-bond acceptors (Lipinski definition) is 4. The molecule has 0 radical (unpaired) electrons. The van der Waals surface area contributed by atoms with E-state index in [-0.39, 0.29) is 16.0 Å². The number of benzene rings is 1. The molecule has 5 nitrogen and oxygen atoms in total. The molecule has 1 saturated heterocycles. The van der Waals surface area contributed by atoms with Crippen molar-refractivity contribution in [3.05, 3.63) is 24.0 Å². The first-order chi connectivity index (χ1) is 9.73. The Morgan fingerprint density at radius 2 is 2.00 bits per heavy atom. The number of nitrogens with one attached hydrogen (secondary N) is 1. The van der Waals surface area contributed by atoms with Gasteiger partial charge < -0.3 is 10.6 Å². The van der Waals surface area contributed by atoms with Crippen LogP contribution in [0.1, 0.15) is 19.8 Å². The van der Waals surface area contributed by atoms with Gasteiger partial charge in [0, 0.05) is 6.54 Å². The Labute approximate surface area is 125 Å². The summed E-state index contributed by atoms with van der Waals surface area (Å²) < 4.78 is 40.5. The van der Waals surface area contributed by atoms with Gasteiger partial charge in [-0.25, -0.2) is 17.5 Å². The van der Waals surface area contributed by atoms with E-state index in [2.05, 4.69) is 23.6 Å². The van der Waals surface area contributed by atoms with Crippen LogP contribution in [0.2, 0.25) is 0 Å². The Balaban J connectivity index is 2.10. The summed E-state index contributed by atoms with van der Waals surface area (Å²) in [6, 6.07) is 3.81. The van der Waals surface area contributed by atoms with Crippen LogP contribution >= 0.6 is 0 Å². The molecule has 1 fully saturated rings. The first kappa shape index (κ1) is 16.2. The summed E-state index contributed by atoms with van der Waals surface area (Å²) in [4.78, 5) is 2.03. The fourth-order valence-electron chi connectivity index (χ4n) is 2.43. The maximum Gasteiger partial charge on any atom is 0.242 e. The van der Waals surface area contributed by atoms with Gasteiger partial charge >= 0.3 is 0 Å². The van der Waals surface area contributed by atoms with Crippen LogP contribution in [0.3, 0.4) is 0 Å². The molecule has 7 heteroatoms. The molecule has 1 aliphatic heterocycles. The van der Waals surface area contributed by atoms with Crippen molar-refractivity contribution in [2.75, 3.05) is 32.4 Å². The summed E-state index contributed by atoms with van der Waals surface area (Å²) in [6.45, 7) is 4.29. The highest BCUT2D eigenvalue weighted by Crippen LogP contribution is 2.30. The standard InChI is InChI=1S/C14H22FN3O2S/c1-14(6-8-18(2)9-7-14)10-17-21(19,20)12-5-3-4-11(15)13(12)16/h3-5,17H,6-10,16H2,1-2H3. The van der Waals surface area contributed by atoms with Crippen LogP contribution in [0.5, 0.6) is 0 Å². The summed E-state index contributed by atoms with van der Waals surface area (Å²) in [5.74, 6) is -0.719. The third kappa shape index (κ3) is 3.72. The van der Waals surface area contributed by atoms with Crippen LogP contribution in [0.15, 0.2) is 23.1 Å². The molecule has 1 aliphatic rings. The molecule has 2 rings (SSSR count). The number of anilines is 1. The van der Waals surface area contributed by atoms with Gasteiger partial charge in [-0.3, -0.25) is 0 Å². The fraction of sp³-hybridized carbons (Fsp3) is 0.571. The molecular formula is C14H22FN3O2S. The van der Waals surface area contributed by atoms with Crippen molar-refractivity contribution in [2.24, 2.45) is 5.41 Å². The van der Waals surface area contributed by atoms with Gasteiger partial charge in [-0.05, 0) is 50.5 Å². The van der Waals surface area contributed by atoms with Crippen molar-refractivity contribution in [1.82, 2.24) is 9.62 Å². The molecule has 1 heterocycles. The second kappa shape index (κ2) is 5.90. The SMILES string of the molecule is CN1CCC(C)(CNS(=O)(=O)c2cccc(F)c2N)CC1. The predicted molar refractivity (Wildman–Crippen MR) is 80.8 cm³/mol. The number of para-hydroxylation sites is 1. The number of piperidine rings is 1. The van der Waals surface area contributed by atoms with Crippen LogP contribution in [0, 0.1) is 11.2 Å². The number of nitrogens with zero attached hydrogens (tertiary/aromatic N) is 1.